The molecule has 0 aliphatic carbocycles. The van der Waals surface area contributed by atoms with Crippen LogP contribution in [-0.2, 0) is 25.7 Å². The number of carboxylic acids is 2. The third-order valence-electron chi connectivity index (χ3n) is 2.64. The van der Waals surface area contributed by atoms with E-state index in [2.05, 4.69) is 0 Å². The molecule has 7 heteroatoms. The van der Waals surface area contributed by atoms with Crippen LogP contribution in [-0.4, -0.2) is 46.2 Å². The lowest BCUT2D eigenvalue weighted by atomic mass is 10.2. The number of hydrogen-bond acceptors (Lipinski definition) is 5. The highest BCUT2D eigenvalue weighted by atomic mass is 16.5. The summed E-state index contributed by atoms with van der Waals surface area (Å²) < 4.78 is 4.81. The average molecular weight is 307 g/mol. The fourth-order valence-electron chi connectivity index (χ4n) is 1.72. The lowest BCUT2D eigenvalue weighted by Gasteiger charge is -2.20. The lowest BCUT2D eigenvalue weighted by Crippen LogP contribution is -2.28. The predicted molar refractivity (Wildman–Crippen MR) is 76.8 cm³/mol. The Balaban J connectivity index is 2.99. The highest BCUT2D eigenvalue weighted by Crippen LogP contribution is 2.08. The summed E-state index contributed by atoms with van der Waals surface area (Å²) in [7, 11) is 0. The van der Waals surface area contributed by atoms with Crippen LogP contribution in [0.25, 0.3) is 0 Å². The molecule has 0 heterocycles. The summed E-state index contributed by atoms with van der Waals surface area (Å²) in [5.41, 5.74) is -0.0154. The molecule has 118 valence electrons. The topological polar surface area (TPSA) is 104 Å². The molecule has 0 atom stereocenters. The zero-order chi connectivity index (χ0) is 16.5. The van der Waals surface area contributed by atoms with E-state index in [0.29, 0.717) is 0 Å². The van der Waals surface area contributed by atoms with Crippen molar-refractivity contribution in [3.63, 3.8) is 0 Å². The van der Waals surface area contributed by atoms with Crippen molar-refractivity contribution in [2.45, 2.75) is 13.5 Å². The Morgan fingerprint density at radius 3 is 2.23 bits per heavy atom. The number of carboxylic acid groups (broad SMARTS) is 2. The Morgan fingerprint density at radius 2 is 1.73 bits per heavy atom. The number of aliphatic carboxylic acids is 2. The Kier molecular flexibility index (Phi) is 6.62. The number of ether oxygens (including phenoxy) is 1. The Labute approximate surface area is 127 Å². The molecule has 0 bridgehead atoms. The van der Waals surface area contributed by atoms with Gasteiger partial charge in [0.2, 0.25) is 0 Å². The number of esters is 1. The minimum Gasteiger partial charge on any atom is -0.477 e. The maximum Gasteiger partial charge on any atom is 0.344 e. The second-order valence-electron chi connectivity index (χ2n) is 4.35. The van der Waals surface area contributed by atoms with Gasteiger partial charge < -0.3 is 19.8 Å². The van der Waals surface area contributed by atoms with E-state index >= 15 is 0 Å². The molecule has 22 heavy (non-hydrogen) atoms. The first-order valence-corrected chi connectivity index (χ1v) is 6.56. The summed E-state index contributed by atoms with van der Waals surface area (Å²) in [6.07, 6.45) is 0.939. The first kappa shape index (κ1) is 17.2. The molecule has 1 rings (SSSR count). The molecule has 0 spiro atoms. The molecule has 0 aromatic heterocycles. The number of carbonyl (C=O) groups is 3. The fraction of sp³-hybridized carbons (Fsp3) is 0.267. The summed E-state index contributed by atoms with van der Waals surface area (Å²) in [6, 6.07) is 8.96. The quantitative estimate of drug-likeness (QED) is 0.321. The number of rotatable bonds is 8. The van der Waals surface area contributed by atoms with E-state index in [-0.39, 0.29) is 19.7 Å². The van der Waals surface area contributed by atoms with Crippen LogP contribution >= 0.6 is 0 Å². The van der Waals surface area contributed by atoms with Crippen molar-refractivity contribution < 1.29 is 29.3 Å². The van der Waals surface area contributed by atoms with E-state index in [1.807, 2.05) is 6.07 Å². The zero-order valence-electron chi connectivity index (χ0n) is 12.1. The van der Waals surface area contributed by atoms with E-state index in [1.54, 1.807) is 31.2 Å². The molecule has 0 saturated carbocycles. The van der Waals surface area contributed by atoms with Gasteiger partial charge in [-0.25, -0.2) is 9.59 Å². The van der Waals surface area contributed by atoms with Gasteiger partial charge in [0.1, 0.15) is 6.54 Å². The minimum absolute atomic E-state index is 0.184. The summed E-state index contributed by atoms with van der Waals surface area (Å²) in [6.45, 7) is 1.78. The van der Waals surface area contributed by atoms with Gasteiger partial charge in [-0.05, 0) is 12.5 Å². The van der Waals surface area contributed by atoms with Crippen LogP contribution in [0.15, 0.2) is 42.1 Å². The van der Waals surface area contributed by atoms with E-state index < -0.39 is 23.5 Å². The molecule has 0 saturated heterocycles. The summed E-state index contributed by atoms with van der Waals surface area (Å²) in [5.74, 6) is -3.71. The van der Waals surface area contributed by atoms with Gasteiger partial charge in [-0.15, -0.1) is 0 Å². The Bertz CT molecular complexity index is 551. The summed E-state index contributed by atoms with van der Waals surface area (Å²) in [4.78, 5) is 34.8. The van der Waals surface area contributed by atoms with Crippen LogP contribution in [0.5, 0.6) is 0 Å². The molecular formula is C15H17NO6. The van der Waals surface area contributed by atoms with Crippen molar-refractivity contribution in [2.75, 3.05) is 13.2 Å². The van der Waals surface area contributed by atoms with E-state index in [4.69, 9.17) is 14.9 Å². The first-order chi connectivity index (χ1) is 10.4. The normalized spacial score (nSPS) is 9.68. The number of hydrogen-bond donors (Lipinski definition) is 2. The maximum absolute atomic E-state index is 11.6. The van der Waals surface area contributed by atoms with Crippen molar-refractivity contribution in [1.82, 2.24) is 4.90 Å². The molecule has 1 aromatic rings. The number of nitrogens with zero attached hydrogens (tertiary/aromatic N) is 1. The largest absolute Gasteiger partial charge is 0.477 e. The zero-order valence-corrected chi connectivity index (χ0v) is 12.1. The second kappa shape index (κ2) is 8.46. The fourth-order valence-corrected chi connectivity index (χ4v) is 1.72. The van der Waals surface area contributed by atoms with Gasteiger partial charge in [-0.3, -0.25) is 4.79 Å². The van der Waals surface area contributed by atoms with Crippen LogP contribution in [0, 0.1) is 0 Å². The lowest BCUT2D eigenvalue weighted by molar-refractivity contribution is -0.145. The molecule has 0 aliphatic heterocycles. The molecule has 0 fully saturated rings. The Morgan fingerprint density at radius 1 is 1.14 bits per heavy atom. The average Bonchev–Trinajstić information content (AvgIpc) is 2.45. The van der Waals surface area contributed by atoms with Crippen molar-refractivity contribution in [3.8, 4) is 0 Å². The molecule has 2 N–H and O–H groups in total. The van der Waals surface area contributed by atoms with Crippen molar-refractivity contribution in [2.24, 2.45) is 0 Å². The van der Waals surface area contributed by atoms with E-state index in [0.717, 1.165) is 11.8 Å². The number of benzene rings is 1. The second-order valence-corrected chi connectivity index (χ2v) is 4.35. The van der Waals surface area contributed by atoms with E-state index in [1.165, 1.54) is 4.90 Å². The molecular weight excluding hydrogens is 290 g/mol. The van der Waals surface area contributed by atoms with Gasteiger partial charge >= 0.3 is 17.9 Å². The first-order valence-electron chi connectivity index (χ1n) is 6.56. The molecule has 0 aliphatic rings. The van der Waals surface area contributed by atoms with Gasteiger partial charge in [0, 0.05) is 12.7 Å². The highest BCUT2D eigenvalue weighted by molar-refractivity contribution is 6.12. The van der Waals surface area contributed by atoms with Crippen LogP contribution in [0.4, 0.5) is 0 Å². The molecule has 0 unspecified atom stereocenters. The monoisotopic (exact) mass is 307 g/mol. The standard InChI is InChI=1S/C15H17NO6/c1-2-22-13(17)10-16(8-11-6-4-3-5-7-11)9-12(14(18)19)15(20)21/h3-7,9H,2,8,10H2,1H3,(H,18,19)(H,20,21). The predicted octanol–water partition coefficient (Wildman–Crippen LogP) is 1.10. The molecule has 7 nitrogen and oxygen atoms in total. The smallest absolute Gasteiger partial charge is 0.344 e. The van der Waals surface area contributed by atoms with Gasteiger partial charge in [-0.1, -0.05) is 30.3 Å². The summed E-state index contributed by atoms with van der Waals surface area (Å²) >= 11 is 0. The SMILES string of the molecule is CCOC(=O)CN(C=C(C(=O)O)C(=O)O)Cc1ccccc1. The van der Waals surface area contributed by atoms with Gasteiger partial charge in [0.15, 0.2) is 5.57 Å². The van der Waals surface area contributed by atoms with Crippen LogP contribution in [0.2, 0.25) is 0 Å². The minimum atomic E-state index is -1.57. The molecule has 1 aromatic carbocycles. The third kappa shape index (κ3) is 5.66. The van der Waals surface area contributed by atoms with Gasteiger partial charge in [0.25, 0.3) is 0 Å². The maximum atomic E-state index is 11.6. The van der Waals surface area contributed by atoms with Crippen LogP contribution in [0.1, 0.15) is 12.5 Å². The summed E-state index contributed by atoms with van der Waals surface area (Å²) in [5, 5.41) is 17.8. The van der Waals surface area contributed by atoms with Crippen molar-refractivity contribution in [3.05, 3.63) is 47.7 Å². The molecule has 0 radical (unpaired) electrons. The van der Waals surface area contributed by atoms with Crippen LogP contribution < -0.4 is 0 Å². The molecule has 0 amide bonds. The Hall–Kier alpha value is -2.83. The third-order valence-corrected chi connectivity index (χ3v) is 2.64. The van der Waals surface area contributed by atoms with Crippen molar-refractivity contribution in [1.29, 1.82) is 0 Å². The van der Waals surface area contributed by atoms with Crippen molar-refractivity contribution >= 4 is 17.9 Å². The van der Waals surface area contributed by atoms with Crippen LogP contribution in [0.3, 0.4) is 0 Å². The van der Waals surface area contributed by atoms with Gasteiger partial charge in [0.05, 0.1) is 6.61 Å². The van der Waals surface area contributed by atoms with Gasteiger partial charge in [-0.2, -0.15) is 0 Å². The highest BCUT2D eigenvalue weighted by Gasteiger charge is 2.19. The van der Waals surface area contributed by atoms with E-state index in [9.17, 15) is 14.4 Å². The number of carbonyl (C=O) groups excluding carboxylic acids is 1.